The highest BCUT2D eigenvalue weighted by atomic mass is 16.5. The third-order valence-corrected chi connectivity index (χ3v) is 4.91. The van der Waals surface area contributed by atoms with Crippen molar-refractivity contribution in [3.63, 3.8) is 0 Å². The van der Waals surface area contributed by atoms with Gasteiger partial charge in [-0.3, -0.25) is 0 Å². The zero-order chi connectivity index (χ0) is 15.0. The molecule has 0 radical (unpaired) electrons. The molecule has 0 saturated heterocycles. The number of ether oxygens (including phenoxy) is 2. The van der Waals surface area contributed by atoms with E-state index < -0.39 is 0 Å². The Labute approximate surface area is 124 Å². The molecule has 0 amide bonds. The molecule has 2 aliphatic carbocycles. The van der Waals surface area contributed by atoms with Crippen molar-refractivity contribution in [2.24, 2.45) is 10.8 Å². The van der Waals surface area contributed by atoms with E-state index in [4.69, 9.17) is 9.47 Å². The molecule has 0 aliphatic heterocycles. The van der Waals surface area contributed by atoms with Gasteiger partial charge in [0.2, 0.25) is 0 Å². The summed E-state index contributed by atoms with van der Waals surface area (Å²) in [5, 5.41) is 3.85. The summed E-state index contributed by atoms with van der Waals surface area (Å²) in [5.74, 6) is 0. The topological polar surface area (TPSA) is 30.5 Å². The van der Waals surface area contributed by atoms with Crippen molar-refractivity contribution in [1.82, 2.24) is 5.32 Å². The third kappa shape index (κ3) is 3.75. The summed E-state index contributed by atoms with van der Waals surface area (Å²) in [6.07, 6.45) is 5.45. The highest BCUT2D eigenvalue weighted by Gasteiger charge is 2.45. The first-order chi connectivity index (χ1) is 9.26. The number of hydrogen-bond donors (Lipinski definition) is 1. The van der Waals surface area contributed by atoms with Gasteiger partial charge in [-0.1, -0.05) is 27.7 Å². The molecule has 0 heterocycles. The van der Waals surface area contributed by atoms with E-state index in [0.29, 0.717) is 22.9 Å². The number of nitrogens with one attached hydrogen (secondary N) is 1. The van der Waals surface area contributed by atoms with Gasteiger partial charge in [0.15, 0.2) is 0 Å². The normalized spacial score (nSPS) is 36.6. The molecular weight excluding hydrogens is 250 g/mol. The Balaban J connectivity index is 1.90. The summed E-state index contributed by atoms with van der Waals surface area (Å²) in [6, 6.07) is 1.07. The molecule has 118 valence electrons. The second kappa shape index (κ2) is 5.94. The summed E-state index contributed by atoms with van der Waals surface area (Å²) in [7, 11) is 1.80. The average Bonchev–Trinajstić information content (AvgIpc) is 2.23. The van der Waals surface area contributed by atoms with Crippen LogP contribution < -0.4 is 5.32 Å². The molecule has 1 N–H and O–H groups in total. The SMILES string of the molecule is CCOC1CC(NC2CC(C)(C)CC(C)(C)C2)C1OC. The largest absolute Gasteiger partial charge is 0.377 e. The minimum atomic E-state index is 0.225. The monoisotopic (exact) mass is 283 g/mol. The van der Waals surface area contributed by atoms with Gasteiger partial charge >= 0.3 is 0 Å². The second-order valence-corrected chi connectivity index (χ2v) is 8.31. The van der Waals surface area contributed by atoms with Crippen molar-refractivity contribution < 1.29 is 9.47 Å². The zero-order valence-electron chi connectivity index (χ0n) is 14.2. The number of methoxy groups -OCH3 is 1. The van der Waals surface area contributed by atoms with Gasteiger partial charge in [-0.2, -0.15) is 0 Å². The van der Waals surface area contributed by atoms with Crippen molar-refractivity contribution >= 4 is 0 Å². The van der Waals surface area contributed by atoms with E-state index >= 15 is 0 Å². The van der Waals surface area contributed by atoms with Gasteiger partial charge < -0.3 is 14.8 Å². The standard InChI is InChI=1S/C17H33NO2/c1-7-20-14-8-13(15(14)19-6)18-12-9-16(2,3)11-17(4,5)10-12/h12-15,18H,7-11H2,1-6H3. The molecular formula is C17H33NO2. The fourth-order valence-electron chi connectivity index (χ4n) is 4.70. The first-order valence-electron chi connectivity index (χ1n) is 8.17. The van der Waals surface area contributed by atoms with Crippen molar-refractivity contribution in [1.29, 1.82) is 0 Å². The minimum Gasteiger partial charge on any atom is -0.377 e. The molecule has 2 saturated carbocycles. The van der Waals surface area contributed by atoms with Crippen LogP contribution >= 0.6 is 0 Å². The molecule has 3 unspecified atom stereocenters. The molecule has 3 atom stereocenters. The predicted molar refractivity (Wildman–Crippen MR) is 83.0 cm³/mol. The summed E-state index contributed by atoms with van der Waals surface area (Å²) >= 11 is 0. The van der Waals surface area contributed by atoms with E-state index in [-0.39, 0.29) is 12.2 Å². The fraction of sp³-hybridized carbons (Fsp3) is 1.00. The van der Waals surface area contributed by atoms with Crippen LogP contribution in [0.4, 0.5) is 0 Å². The maximum Gasteiger partial charge on any atom is 0.0986 e. The Morgan fingerprint density at radius 3 is 2.20 bits per heavy atom. The molecule has 2 fully saturated rings. The van der Waals surface area contributed by atoms with Gasteiger partial charge in [0.1, 0.15) is 0 Å². The van der Waals surface area contributed by atoms with E-state index in [1.165, 1.54) is 19.3 Å². The molecule has 3 heteroatoms. The lowest BCUT2D eigenvalue weighted by Crippen LogP contribution is -2.63. The Bertz CT molecular complexity index is 311. The second-order valence-electron chi connectivity index (χ2n) is 8.31. The minimum absolute atomic E-state index is 0.225. The smallest absolute Gasteiger partial charge is 0.0986 e. The number of hydrogen-bond acceptors (Lipinski definition) is 3. The zero-order valence-corrected chi connectivity index (χ0v) is 14.2. The van der Waals surface area contributed by atoms with Crippen LogP contribution in [0.1, 0.15) is 60.3 Å². The van der Waals surface area contributed by atoms with E-state index in [1.807, 2.05) is 0 Å². The highest BCUT2D eigenvalue weighted by Crippen LogP contribution is 2.46. The predicted octanol–water partition coefficient (Wildman–Crippen LogP) is 3.37. The molecule has 2 aliphatic rings. The highest BCUT2D eigenvalue weighted by molar-refractivity contribution is 5.01. The molecule has 0 bridgehead atoms. The summed E-state index contributed by atoms with van der Waals surface area (Å²) < 4.78 is 11.3. The van der Waals surface area contributed by atoms with Crippen molar-refractivity contribution in [3.05, 3.63) is 0 Å². The maximum atomic E-state index is 5.72. The van der Waals surface area contributed by atoms with Crippen LogP contribution in [0.5, 0.6) is 0 Å². The summed E-state index contributed by atoms with van der Waals surface area (Å²) in [5.41, 5.74) is 0.871. The lowest BCUT2D eigenvalue weighted by Gasteiger charge is -2.50. The van der Waals surface area contributed by atoms with Crippen LogP contribution in [0, 0.1) is 10.8 Å². The molecule has 0 aromatic carbocycles. The van der Waals surface area contributed by atoms with Gasteiger partial charge in [0.25, 0.3) is 0 Å². The van der Waals surface area contributed by atoms with Gasteiger partial charge in [-0.15, -0.1) is 0 Å². The Hall–Kier alpha value is -0.120. The molecule has 0 aromatic heterocycles. The molecule has 2 rings (SSSR count). The van der Waals surface area contributed by atoms with Crippen molar-refractivity contribution in [2.45, 2.75) is 84.6 Å². The number of rotatable bonds is 5. The quantitative estimate of drug-likeness (QED) is 0.839. The van der Waals surface area contributed by atoms with Crippen LogP contribution in [0.2, 0.25) is 0 Å². The van der Waals surface area contributed by atoms with Gasteiger partial charge in [0.05, 0.1) is 12.2 Å². The average molecular weight is 283 g/mol. The van der Waals surface area contributed by atoms with E-state index in [0.717, 1.165) is 13.0 Å². The first kappa shape index (κ1) is 16.3. The molecule has 0 aromatic rings. The van der Waals surface area contributed by atoms with Crippen LogP contribution in [0.15, 0.2) is 0 Å². The molecule has 3 nitrogen and oxygen atoms in total. The maximum absolute atomic E-state index is 5.72. The Kier molecular flexibility index (Phi) is 4.83. The Morgan fingerprint density at radius 2 is 1.70 bits per heavy atom. The van der Waals surface area contributed by atoms with E-state index in [1.54, 1.807) is 7.11 Å². The van der Waals surface area contributed by atoms with Crippen molar-refractivity contribution in [2.75, 3.05) is 13.7 Å². The lowest BCUT2D eigenvalue weighted by atomic mass is 9.63. The van der Waals surface area contributed by atoms with Gasteiger partial charge in [0, 0.05) is 25.8 Å². The third-order valence-electron chi connectivity index (χ3n) is 4.91. The van der Waals surface area contributed by atoms with Gasteiger partial charge in [-0.05, 0) is 43.4 Å². The van der Waals surface area contributed by atoms with Crippen LogP contribution in [-0.2, 0) is 9.47 Å². The lowest BCUT2D eigenvalue weighted by molar-refractivity contribution is -0.135. The van der Waals surface area contributed by atoms with E-state index in [9.17, 15) is 0 Å². The molecule has 20 heavy (non-hydrogen) atoms. The first-order valence-corrected chi connectivity index (χ1v) is 8.17. The Morgan fingerprint density at radius 1 is 1.10 bits per heavy atom. The van der Waals surface area contributed by atoms with Crippen LogP contribution in [-0.4, -0.2) is 38.0 Å². The fourth-order valence-corrected chi connectivity index (χ4v) is 4.70. The summed E-state index contributed by atoms with van der Waals surface area (Å²) in [4.78, 5) is 0. The molecule has 0 spiro atoms. The van der Waals surface area contributed by atoms with E-state index in [2.05, 4.69) is 39.9 Å². The van der Waals surface area contributed by atoms with Crippen LogP contribution in [0.3, 0.4) is 0 Å². The van der Waals surface area contributed by atoms with Gasteiger partial charge in [-0.25, -0.2) is 0 Å². The van der Waals surface area contributed by atoms with Crippen LogP contribution in [0.25, 0.3) is 0 Å². The summed E-state index contributed by atoms with van der Waals surface area (Å²) in [6.45, 7) is 12.4. The van der Waals surface area contributed by atoms with Crippen molar-refractivity contribution in [3.8, 4) is 0 Å².